The van der Waals surface area contributed by atoms with Crippen LogP contribution in [0.1, 0.15) is 5.56 Å². The van der Waals surface area contributed by atoms with Crippen LogP contribution >= 0.6 is 11.8 Å². The molecule has 0 bridgehead atoms. The van der Waals surface area contributed by atoms with Crippen LogP contribution in [0.15, 0.2) is 47.4 Å². The Kier molecular flexibility index (Phi) is 8.87. The van der Waals surface area contributed by atoms with Gasteiger partial charge in [0.25, 0.3) is 17.1 Å². The molecule has 0 spiro atoms. The largest absolute Gasteiger partial charge is 0.497 e. The summed E-state index contributed by atoms with van der Waals surface area (Å²) in [4.78, 5) is 52.8. The van der Waals surface area contributed by atoms with E-state index in [1.807, 2.05) is 0 Å². The second-order valence-corrected chi connectivity index (χ2v) is 9.23. The van der Waals surface area contributed by atoms with E-state index in [0.29, 0.717) is 54.8 Å². The van der Waals surface area contributed by atoms with Crippen molar-refractivity contribution in [1.29, 1.82) is 0 Å². The van der Waals surface area contributed by atoms with Crippen molar-refractivity contribution >= 4 is 46.5 Å². The second-order valence-electron chi connectivity index (χ2n) is 8.24. The molecule has 0 aliphatic carbocycles. The lowest BCUT2D eigenvalue weighted by molar-refractivity contribution is -0.137. The number of carbonyl (C=O) groups excluding carboxylic acids is 4. The average Bonchev–Trinajstić information content (AvgIpc) is 3.20. The summed E-state index contributed by atoms with van der Waals surface area (Å²) < 4.78 is 21.4. The molecule has 2 aromatic rings. The van der Waals surface area contributed by atoms with E-state index >= 15 is 0 Å². The van der Waals surface area contributed by atoms with E-state index in [-0.39, 0.29) is 17.4 Å². The summed E-state index contributed by atoms with van der Waals surface area (Å²) >= 11 is 0.747. The second kappa shape index (κ2) is 12.5. The zero-order valence-corrected chi connectivity index (χ0v) is 21.7. The maximum Gasteiger partial charge on any atom is 0.294 e. The zero-order chi connectivity index (χ0) is 27.1. The Morgan fingerprint density at radius 1 is 1.03 bits per heavy atom. The summed E-state index contributed by atoms with van der Waals surface area (Å²) in [6.45, 7) is 1.49. The minimum absolute atomic E-state index is 0.146. The SMILES string of the molecule is COc1ccc(NC(=O)CN2C(=O)S/C(=C\c3ccc(OCC(=O)N4CCOCC4)c(OC)c3)C2=O)cc1. The first kappa shape index (κ1) is 27.0. The Hall–Kier alpha value is -4.03. The third-order valence-electron chi connectivity index (χ3n) is 5.75. The maximum atomic E-state index is 12.9. The normalized spacial score (nSPS) is 16.5. The number of benzene rings is 2. The third-order valence-corrected chi connectivity index (χ3v) is 6.66. The number of ether oxygens (including phenoxy) is 4. The molecule has 4 rings (SSSR count). The molecule has 1 N–H and O–H groups in total. The molecule has 2 saturated heterocycles. The van der Waals surface area contributed by atoms with Crippen LogP contribution in [-0.4, -0.2) is 86.4 Å². The van der Waals surface area contributed by atoms with Gasteiger partial charge in [-0.2, -0.15) is 0 Å². The maximum absolute atomic E-state index is 12.9. The quantitative estimate of drug-likeness (QED) is 0.477. The van der Waals surface area contributed by atoms with Crippen molar-refractivity contribution in [3.63, 3.8) is 0 Å². The molecule has 12 heteroatoms. The molecule has 0 saturated carbocycles. The minimum atomic E-state index is -0.569. The van der Waals surface area contributed by atoms with E-state index in [2.05, 4.69) is 5.32 Å². The van der Waals surface area contributed by atoms with Crippen molar-refractivity contribution in [3.8, 4) is 17.2 Å². The number of imide groups is 1. The standard InChI is InChI=1S/C26H27N3O8S/c1-34-19-6-4-18(5-7-19)27-23(30)15-29-25(32)22(38-26(29)33)14-17-3-8-20(21(13-17)35-2)37-16-24(31)28-9-11-36-12-10-28/h3-8,13-14H,9-12,15-16H2,1-2H3,(H,27,30)/b22-14-. The van der Waals surface area contributed by atoms with Crippen LogP contribution in [0.25, 0.3) is 6.08 Å². The first-order valence-corrected chi connectivity index (χ1v) is 12.5. The summed E-state index contributed by atoms with van der Waals surface area (Å²) in [7, 11) is 3.00. The molecule has 0 atom stereocenters. The number of hydrogen-bond donors (Lipinski definition) is 1. The van der Waals surface area contributed by atoms with E-state index in [1.54, 1.807) is 47.4 Å². The fourth-order valence-corrected chi connectivity index (χ4v) is 4.58. The molecule has 0 unspecified atom stereocenters. The van der Waals surface area contributed by atoms with Gasteiger partial charge < -0.3 is 29.2 Å². The van der Waals surface area contributed by atoms with Crippen LogP contribution in [0.5, 0.6) is 17.2 Å². The number of amides is 4. The first-order valence-electron chi connectivity index (χ1n) is 11.7. The van der Waals surface area contributed by atoms with E-state index in [9.17, 15) is 19.2 Å². The average molecular weight is 542 g/mol. The van der Waals surface area contributed by atoms with Gasteiger partial charge in [0.1, 0.15) is 12.3 Å². The Balaban J connectivity index is 1.37. The molecular formula is C26H27N3O8S. The molecule has 2 heterocycles. The van der Waals surface area contributed by atoms with E-state index < -0.39 is 23.6 Å². The zero-order valence-electron chi connectivity index (χ0n) is 20.9. The topological polar surface area (TPSA) is 124 Å². The minimum Gasteiger partial charge on any atom is -0.497 e. The highest BCUT2D eigenvalue weighted by atomic mass is 32.2. The lowest BCUT2D eigenvalue weighted by atomic mass is 10.2. The van der Waals surface area contributed by atoms with Gasteiger partial charge in [-0.1, -0.05) is 6.07 Å². The van der Waals surface area contributed by atoms with Crippen molar-refractivity contribution in [2.24, 2.45) is 0 Å². The molecule has 4 amide bonds. The molecule has 2 aliphatic rings. The van der Waals surface area contributed by atoms with Gasteiger partial charge in [-0.15, -0.1) is 0 Å². The number of anilines is 1. The van der Waals surface area contributed by atoms with E-state index in [4.69, 9.17) is 18.9 Å². The van der Waals surface area contributed by atoms with Crippen LogP contribution < -0.4 is 19.5 Å². The Morgan fingerprint density at radius 2 is 1.76 bits per heavy atom. The Morgan fingerprint density at radius 3 is 2.45 bits per heavy atom. The molecule has 0 radical (unpaired) electrons. The number of hydrogen-bond acceptors (Lipinski definition) is 9. The van der Waals surface area contributed by atoms with Crippen molar-refractivity contribution in [2.75, 3.05) is 59.0 Å². The molecular weight excluding hydrogens is 514 g/mol. The van der Waals surface area contributed by atoms with Gasteiger partial charge in [0.2, 0.25) is 5.91 Å². The third kappa shape index (κ3) is 6.64. The van der Waals surface area contributed by atoms with Crippen LogP contribution in [0.4, 0.5) is 10.5 Å². The predicted octanol–water partition coefficient (Wildman–Crippen LogP) is 2.62. The first-order chi connectivity index (χ1) is 18.4. The highest BCUT2D eigenvalue weighted by Crippen LogP contribution is 2.34. The number of carbonyl (C=O) groups is 4. The highest BCUT2D eigenvalue weighted by molar-refractivity contribution is 8.18. The fraction of sp³-hybridized carbons (Fsp3) is 0.308. The summed E-state index contributed by atoms with van der Waals surface area (Å²) in [5.41, 5.74) is 1.10. The molecule has 2 fully saturated rings. The lowest BCUT2D eigenvalue weighted by Gasteiger charge is -2.26. The Labute approximate surface area is 223 Å². The van der Waals surface area contributed by atoms with E-state index in [0.717, 1.165) is 16.7 Å². The fourth-order valence-electron chi connectivity index (χ4n) is 3.74. The molecule has 38 heavy (non-hydrogen) atoms. The van der Waals surface area contributed by atoms with Crippen molar-refractivity contribution in [1.82, 2.24) is 9.80 Å². The summed E-state index contributed by atoms with van der Waals surface area (Å²) in [6, 6.07) is 11.6. The number of rotatable bonds is 9. The smallest absolute Gasteiger partial charge is 0.294 e. The predicted molar refractivity (Wildman–Crippen MR) is 140 cm³/mol. The molecule has 0 aromatic heterocycles. The van der Waals surface area contributed by atoms with Gasteiger partial charge >= 0.3 is 0 Å². The number of morpholine rings is 1. The highest BCUT2D eigenvalue weighted by Gasteiger charge is 2.36. The van der Waals surface area contributed by atoms with Gasteiger partial charge in [-0.3, -0.25) is 24.1 Å². The van der Waals surface area contributed by atoms with Gasteiger partial charge in [0, 0.05) is 18.8 Å². The van der Waals surface area contributed by atoms with Gasteiger partial charge in [0.15, 0.2) is 18.1 Å². The summed E-state index contributed by atoms with van der Waals surface area (Å²) in [6.07, 6.45) is 1.54. The lowest BCUT2D eigenvalue weighted by Crippen LogP contribution is -2.43. The van der Waals surface area contributed by atoms with E-state index in [1.165, 1.54) is 20.3 Å². The summed E-state index contributed by atoms with van der Waals surface area (Å²) in [5, 5.41) is 2.11. The molecule has 200 valence electrons. The van der Waals surface area contributed by atoms with Crippen LogP contribution in [0.3, 0.4) is 0 Å². The number of nitrogens with one attached hydrogen (secondary N) is 1. The Bertz CT molecular complexity index is 1240. The molecule has 11 nitrogen and oxygen atoms in total. The molecule has 2 aromatic carbocycles. The van der Waals surface area contributed by atoms with Crippen LogP contribution in [0, 0.1) is 0 Å². The number of methoxy groups -OCH3 is 2. The van der Waals surface area contributed by atoms with Crippen molar-refractivity contribution in [2.45, 2.75) is 0 Å². The van der Waals surface area contributed by atoms with Crippen LogP contribution in [-0.2, 0) is 19.1 Å². The number of thioether (sulfide) groups is 1. The van der Waals surface area contributed by atoms with Crippen LogP contribution in [0.2, 0.25) is 0 Å². The van der Waals surface area contributed by atoms with Crippen molar-refractivity contribution in [3.05, 3.63) is 52.9 Å². The monoisotopic (exact) mass is 541 g/mol. The molecule has 2 aliphatic heterocycles. The number of nitrogens with zero attached hydrogens (tertiary/aromatic N) is 2. The van der Waals surface area contributed by atoms with Gasteiger partial charge in [0.05, 0.1) is 32.3 Å². The van der Waals surface area contributed by atoms with Gasteiger partial charge in [-0.05, 0) is 59.8 Å². The summed E-state index contributed by atoms with van der Waals surface area (Å²) in [5.74, 6) is 0.149. The van der Waals surface area contributed by atoms with Crippen molar-refractivity contribution < 1.29 is 38.1 Å². The van der Waals surface area contributed by atoms with Gasteiger partial charge in [-0.25, -0.2) is 0 Å².